The molecule has 2 N–H and O–H groups in total. The predicted octanol–water partition coefficient (Wildman–Crippen LogP) is 0.152. The second kappa shape index (κ2) is 6.78. The molecule has 9 heteroatoms. The molecular weight excluding hydrogens is 298 g/mol. The molecule has 0 atom stereocenters. The maximum Gasteiger partial charge on any atom is 0.269 e. The molecule has 0 unspecified atom stereocenters. The van der Waals surface area contributed by atoms with Gasteiger partial charge in [0.2, 0.25) is 10.3 Å². The van der Waals surface area contributed by atoms with Crippen LogP contribution in [0.25, 0.3) is 0 Å². The van der Waals surface area contributed by atoms with E-state index in [-0.39, 0.29) is 17.0 Å². The molecule has 1 aromatic rings. The van der Waals surface area contributed by atoms with Gasteiger partial charge in [-0.2, -0.15) is 8.42 Å². The first-order chi connectivity index (χ1) is 8.43. The van der Waals surface area contributed by atoms with Crippen molar-refractivity contribution in [3.8, 4) is 0 Å². The van der Waals surface area contributed by atoms with Gasteiger partial charge in [-0.05, 0) is 24.3 Å². The van der Waals surface area contributed by atoms with Gasteiger partial charge in [-0.25, -0.2) is 8.42 Å². The largest absolute Gasteiger partial charge is 0.396 e. The van der Waals surface area contributed by atoms with Gasteiger partial charge in [0.05, 0.1) is 6.61 Å². The molecule has 1 rings (SSSR count). The molecule has 0 aliphatic heterocycles. The van der Waals surface area contributed by atoms with Gasteiger partial charge in [0, 0.05) is 16.3 Å². The second-order valence-electron chi connectivity index (χ2n) is 3.10. The number of aliphatic hydroxyl groups excluding tert-OH is 1. The Morgan fingerprint density at radius 3 is 2.39 bits per heavy atom. The summed E-state index contributed by atoms with van der Waals surface area (Å²) in [4.78, 5) is 0.878. The fraction of sp³-hybridized carbons (Fsp3) is 0.222. The minimum absolute atomic E-state index is 0.0589. The predicted molar refractivity (Wildman–Crippen MR) is 71.8 cm³/mol. The van der Waals surface area contributed by atoms with E-state index in [1.54, 1.807) is 12.1 Å². The summed E-state index contributed by atoms with van der Waals surface area (Å²) >= 11 is 1.42. The average molecular weight is 309 g/mol. The summed E-state index contributed by atoms with van der Waals surface area (Å²) in [5.74, 6) is 0.550. The van der Waals surface area contributed by atoms with Crippen molar-refractivity contribution in [1.29, 1.82) is 0 Å². The Kier molecular flexibility index (Phi) is 5.66. The number of sulfonamides is 1. The number of hydrogen-bond acceptors (Lipinski definition) is 6. The highest BCUT2D eigenvalue weighted by atomic mass is 32.2. The van der Waals surface area contributed by atoms with Crippen molar-refractivity contribution in [2.45, 2.75) is 4.90 Å². The van der Waals surface area contributed by atoms with E-state index < -0.39 is 20.3 Å². The van der Waals surface area contributed by atoms with Gasteiger partial charge in [-0.15, -0.1) is 11.8 Å². The molecule has 0 radical (unpaired) electrons. The van der Waals surface area contributed by atoms with Crippen LogP contribution in [-0.4, -0.2) is 39.0 Å². The first-order valence-corrected chi connectivity index (χ1v) is 8.39. The van der Waals surface area contributed by atoms with E-state index in [0.717, 1.165) is 4.90 Å². The zero-order valence-electron chi connectivity index (χ0n) is 9.11. The molecule has 0 spiro atoms. The monoisotopic (exact) mass is 309 g/mol. The van der Waals surface area contributed by atoms with Gasteiger partial charge < -0.3 is 5.11 Å². The van der Waals surface area contributed by atoms with Crippen LogP contribution in [0, 0.1) is 0 Å². The topological polar surface area (TPSA) is 101 Å². The highest BCUT2D eigenvalue weighted by Crippen LogP contribution is 2.20. The number of anilines is 1. The molecule has 0 saturated carbocycles. The first kappa shape index (κ1) is 15.0. The molecule has 100 valence electrons. The Hall–Kier alpha value is -1.03. The quantitative estimate of drug-likeness (QED) is 0.573. The minimum Gasteiger partial charge on any atom is -0.396 e. The van der Waals surface area contributed by atoms with Crippen molar-refractivity contribution < 1.29 is 21.9 Å². The Morgan fingerprint density at radius 2 is 1.89 bits per heavy atom. The fourth-order valence-corrected chi connectivity index (χ4v) is 3.21. The van der Waals surface area contributed by atoms with Gasteiger partial charge in [0.1, 0.15) is 0 Å². The molecule has 0 heterocycles. The van der Waals surface area contributed by atoms with Crippen LogP contribution in [0.1, 0.15) is 0 Å². The lowest BCUT2D eigenvalue weighted by Gasteiger charge is -2.04. The Balaban J connectivity index is 2.78. The Labute approximate surface area is 111 Å². The molecule has 0 bridgehead atoms. The van der Waals surface area contributed by atoms with Gasteiger partial charge in [-0.3, -0.25) is 4.72 Å². The van der Waals surface area contributed by atoms with E-state index in [4.69, 9.17) is 5.11 Å². The van der Waals surface area contributed by atoms with Gasteiger partial charge in [-0.1, -0.05) is 0 Å². The highest BCUT2D eigenvalue weighted by Gasteiger charge is 2.07. The highest BCUT2D eigenvalue weighted by molar-refractivity contribution is 8.14. The normalized spacial score (nSPS) is 10.9. The molecule has 1 aromatic carbocycles. The van der Waals surface area contributed by atoms with Crippen LogP contribution in [0.5, 0.6) is 0 Å². The zero-order valence-corrected chi connectivity index (χ0v) is 11.6. The van der Waals surface area contributed by atoms with E-state index in [1.165, 1.54) is 23.9 Å². The van der Waals surface area contributed by atoms with Crippen LogP contribution < -0.4 is 4.72 Å². The molecule has 0 aliphatic carbocycles. The lowest BCUT2D eigenvalue weighted by molar-refractivity contribution is 0.322. The zero-order chi connectivity index (χ0) is 13.6. The number of aliphatic hydroxyl groups is 1. The van der Waals surface area contributed by atoms with Gasteiger partial charge in [0.25, 0.3) is 10.0 Å². The van der Waals surface area contributed by atoms with Crippen molar-refractivity contribution >= 4 is 42.5 Å². The third kappa shape index (κ3) is 5.54. The molecule has 0 aromatic heterocycles. The third-order valence-corrected chi connectivity index (χ3v) is 4.83. The summed E-state index contributed by atoms with van der Waals surface area (Å²) < 4.78 is 45.4. The van der Waals surface area contributed by atoms with Crippen LogP contribution in [0.15, 0.2) is 29.2 Å². The molecule has 6 nitrogen and oxygen atoms in total. The summed E-state index contributed by atoms with van der Waals surface area (Å²) in [5.41, 5.74) is 0.269. The van der Waals surface area contributed by atoms with Crippen molar-refractivity contribution in [3.05, 3.63) is 24.3 Å². The van der Waals surface area contributed by atoms with Crippen LogP contribution in [-0.2, 0) is 20.3 Å². The number of thioether (sulfide) groups is 1. The van der Waals surface area contributed by atoms with Crippen LogP contribution in [0.2, 0.25) is 0 Å². The van der Waals surface area contributed by atoms with Crippen molar-refractivity contribution in [3.63, 3.8) is 0 Å². The number of benzene rings is 1. The Bertz CT molecular complexity index is 611. The van der Waals surface area contributed by atoms with Crippen LogP contribution in [0.4, 0.5) is 5.69 Å². The molecule has 0 amide bonds. The fourth-order valence-electron chi connectivity index (χ4n) is 1.07. The van der Waals surface area contributed by atoms with Crippen molar-refractivity contribution in [2.24, 2.45) is 0 Å². The van der Waals surface area contributed by atoms with Gasteiger partial charge in [0.15, 0.2) is 4.70 Å². The number of nitrogens with one attached hydrogen (secondary N) is 1. The van der Waals surface area contributed by atoms with Crippen LogP contribution in [0.3, 0.4) is 0 Å². The lowest BCUT2D eigenvalue weighted by atomic mass is 10.3. The summed E-state index contributed by atoms with van der Waals surface area (Å²) in [6.45, 7) is 0.0589. The SMILES string of the molecule is O=S(=O)=CS(=O)(=O)Nc1ccc(SCCO)cc1. The summed E-state index contributed by atoms with van der Waals surface area (Å²) in [6.07, 6.45) is 0. The van der Waals surface area contributed by atoms with E-state index in [2.05, 4.69) is 4.72 Å². The summed E-state index contributed by atoms with van der Waals surface area (Å²) in [5, 5.41) is 8.64. The maximum atomic E-state index is 11.3. The van der Waals surface area contributed by atoms with E-state index in [0.29, 0.717) is 5.75 Å². The molecule has 18 heavy (non-hydrogen) atoms. The minimum atomic E-state index is -4.00. The Morgan fingerprint density at radius 1 is 1.28 bits per heavy atom. The van der Waals surface area contributed by atoms with Crippen molar-refractivity contribution in [2.75, 3.05) is 17.1 Å². The second-order valence-corrected chi connectivity index (χ2v) is 6.85. The molecule has 0 fully saturated rings. The first-order valence-electron chi connectivity index (χ1n) is 4.72. The summed E-state index contributed by atoms with van der Waals surface area (Å²) in [6, 6.07) is 6.37. The molecular formula is C9H11NO5S3. The third-order valence-electron chi connectivity index (χ3n) is 1.68. The van der Waals surface area contributed by atoms with E-state index >= 15 is 0 Å². The van der Waals surface area contributed by atoms with E-state index in [1.807, 2.05) is 0 Å². The van der Waals surface area contributed by atoms with Crippen molar-refractivity contribution in [1.82, 2.24) is 0 Å². The lowest BCUT2D eigenvalue weighted by Crippen LogP contribution is -2.13. The number of rotatable bonds is 6. The smallest absolute Gasteiger partial charge is 0.269 e. The maximum absolute atomic E-state index is 11.3. The molecule has 0 saturated heterocycles. The van der Waals surface area contributed by atoms with E-state index in [9.17, 15) is 16.8 Å². The molecule has 0 aliphatic rings. The average Bonchev–Trinajstić information content (AvgIpc) is 2.26. The standard InChI is InChI=1S/C9H11NO5S3/c11-5-6-16-9-3-1-8(2-4-9)10-18(14,15)7-17(12)13/h1-4,7,10-11H,5-6H2. The summed E-state index contributed by atoms with van der Waals surface area (Å²) in [7, 11) is -6.77. The van der Waals surface area contributed by atoms with Gasteiger partial charge >= 0.3 is 0 Å². The number of hydrogen-bond donors (Lipinski definition) is 2. The van der Waals surface area contributed by atoms with Crippen LogP contribution >= 0.6 is 11.8 Å².